The number of nitrogens with zero attached hydrogens (tertiary/aromatic N) is 2. The summed E-state index contributed by atoms with van der Waals surface area (Å²) in [6.45, 7) is 5.77. The van der Waals surface area contributed by atoms with Gasteiger partial charge in [0, 0.05) is 13.1 Å². The van der Waals surface area contributed by atoms with Crippen molar-refractivity contribution in [1.82, 2.24) is 10.2 Å². The molecule has 0 aliphatic rings. The highest BCUT2D eigenvalue weighted by Gasteiger charge is 2.29. The molecule has 0 aromatic heterocycles. The minimum atomic E-state index is -3.83. The van der Waals surface area contributed by atoms with Gasteiger partial charge in [0.05, 0.1) is 11.9 Å². The highest BCUT2D eigenvalue weighted by molar-refractivity contribution is 7.92. The van der Waals surface area contributed by atoms with Crippen LogP contribution in [0.2, 0.25) is 0 Å². The van der Waals surface area contributed by atoms with Gasteiger partial charge in [0.2, 0.25) is 21.8 Å². The highest BCUT2D eigenvalue weighted by Crippen LogP contribution is 2.19. The fraction of sp³-hybridized carbons (Fsp3) is 0.417. The van der Waals surface area contributed by atoms with Crippen LogP contribution in [-0.2, 0) is 26.0 Å². The predicted octanol–water partition coefficient (Wildman–Crippen LogP) is 2.82. The molecule has 0 saturated heterocycles. The van der Waals surface area contributed by atoms with E-state index in [-0.39, 0.29) is 24.1 Å². The van der Waals surface area contributed by atoms with E-state index in [4.69, 9.17) is 0 Å². The molecule has 33 heavy (non-hydrogen) atoms. The Balaban J connectivity index is 2.27. The molecule has 180 valence electrons. The number of hydrogen-bond donors (Lipinski definition) is 1. The number of halogens is 1. The molecule has 2 aromatic carbocycles. The molecular weight excluding hydrogens is 445 g/mol. The standard InChI is InChI=1S/C24H32FN3O4S/c1-18(2)16-26-24(30)19(3)27(15-14-20-8-6-5-7-9-20)23(29)17-28(33(4,31)32)22-12-10-21(25)11-13-22/h5-13,18-19H,14-17H2,1-4H3,(H,26,30). The van der Waals surface area contributed by atoms with E-state index in [1.807, 2.05) is 44.2 Å². The number of amides is 2. The Morgan fingerprint density at radius 1 is 1.00 bits per heavy atom. The molecule has 2 rings (SSSR count). The van der Waals surface area contributed by atoms with Crippen molar-refractivity contribution in [3.8, 4) is 0 Å². The molecule has 1 atom stereocenters. The number of carbonyl (C=O) groups is 2. The third-order valence-corrected chi connectivity index (χ3v) is 6.27. The van der Waals surface area contributed by atoms with Crippen LogP contribution in [0.3, 0.4) is 0 Å². The second kappa shape index (κ2) is 11.8. The van der Waals surface area contributed by atoms with Crippen molar-refractivity contribution < 1.29 is 22.4 Å². The monoisotopic (exact) mass is 477 g/mol. The summed E-state index contributed by atoms with van der Waals surface area (Å²) in [5, 5.41) is 2.83. The van der Waals surface area contributed by atoms with Crippen LogP contribution in [0.5, 0.6) is 0 Å². The quantitative estimate of drug-likeness (QED) is 0.539. The Kier molecular flexibility index (Phi) is 9.40. The summed E-state index contributed by atoms with van der Waals surface area (Å²) >= 11 is 0. The summed E-state index contributed by atoms with van der Waals surface area (Å²) in [6, 6.07) is 13.6. The number of nitrogens with one attached hydrogen (secondary N) is 1. The maximum atomic E-state index is 13.3. The number of benzene rings is 2. The molecule has 0 aliphatic heterocycles. The maximum absolute atomic E-state index is 13.3. The van der Waals surface area contributed by atoms with E-state index < -0.39 is 34.3 Å². The van der Waals surface area contributed by atoms with Crippen LogP contribution in [0.4, 0.5) is 10.1 Å². The molecule has 1 unspecified atom stereocenters. The van der Waals surface area contributed by atoms with Crippen LogP contribution >= 0.6 is 0 Å². The van der Waals surface area contributed by atoms with Crippen LogP contribution in [0.15, 0.2) is 54.6 Å². The molecule has 2 amide bonds. The van der Waals surface area contributed by atoms with E-state index in [1.54, 1.807) is 6.92 Å². The van der Waals surface area contributed by atoms with Crippen LogP contribution in [-0.4, -0.2) is 57.1 Å². The maximum Gasteiger partial charge on any atom is 0.244 e. The van der Waals surface area contributed by atoms with Crippen molar-refractivity contribution >= 4 is 27.5 Å². The van der Waals surface area contributed by atoms with Crippen LogP contribution in [0.1, 0.15) is 26.3 Å². The molecule has 0 spiro atoms. The summed E-state index contributed by atoms with van der Waals surface area (Å²) in [6.07, 6.45) is 1.49. The summed E-state index contributed by atoms with van der Waals surface area (Å²) in [5.41, 5.74) is 1.16. The molecule has 0 saturated carbocycles. The molecule has 0 bridgehead atoms. The Labute approximate surface area is 195 Å². The highest BCUT2D eigenvalue weighted by atomic mass is 32.2. The van der Waals surface area contributed by atoms with Crippen LogP contribution in [0.25, 0.3) is 0 Å². The Morgan fingerprint density at radius 3 is 2.15 bits per heavy atom. The van der Waals surface area contributed by atoms with Crippen molar-refractivity contribution in [3.05, 3.63) is 66.0 Å². The van der Waals surface area contributed by atoms with E-state index in [0.717, 1.165) is 28.3 Å². The topological polar surface area (TPSA) is 86.8 Å². The molecule has 7 nitrogen and oxygen atoms in total. The normalized spacial score (nSPS) is 12.3. The molecule has 0 heterocycles. The van der Waals surface area contributed by atoms with Crippen molar-refractivity contribution in [1.29, 1.82) is 0 Å². The van der Waals surface area contributed by atoms with Crippen molar-refractivity contribution in [2.45, 2.75) is 33.2 Å². The number of hydrogen-bond acceptors (Lipinski definition) is 4. The summed E-state index contributed by atoms with van der Waals surface area (Å²) < 4.78 is 39.1. The SMILES string of the molecule is CC(C)CNC(=O)C(C)N(CCc1ccccc1)C(=O)CN(c1ccc(F)cc1)S(C)(=O)=O. The molecular formula is C24H32FN3O4S. The molecule has 1 N–H and O–H groups in total. The molecule has 9 heteroatoms. The first-order valence-corrected chi connectivity index (χ1v) is 12.7. The Bertz CT molecular complexity index is 1030. The van der Waals surface area contributed by atoms with Gasteiger partial charge >= 0.3 is 0 Å². The lowest BCUT2D eigenvalue weighted by Crippen LogP contribution is -2.52. The molecule has 0 aliphatic carbocycles. The minimum absolute atomic E-state index is 0.173. The van der Waals surface area contributed by atoms with Gasteiger partial charge in [0.1, 0.15) is 18.4 Å². The van der Waals surface area contributed by atoms with Gasteiger partial charge < -0.3 is 10.2 Å². The average molecular weight is 478 g/mol. The van der Waals surface area contributed by atoms with Gasteiger partial charge in [-0.3, -0.25) is 13.9 Å². The zero-order chi connectivity index (χ0) is 24.6. The summed E-state index contributed by atoms with van der Waals surface area (Å²) in [5.74, 6) is -1.10. The fourth-order valence-corrected chi connectivity index (χ4v) is 4.09. The second-order valence-corrected chi connectivity index (χ2v) is 10.3. The lowest BCUT2D eigenvalue weighted by molar-refractivity contribution is -0.138. The Morgan fingerprint density at radius 2 is 1.61 bits per heavy atom. The average Bonchev–Trinajstić information content (AvgIpc) is 2.76. The minimum Gasteiger partial charge on any atom is -0.354 e. The summed E-state index contributed by atoms with van der Waals surface area (Å²) in [7, 11) is -3.83. The molecule has 0 radical (unpaired) electrons. The van der Waals surface area contributed by atoms with E-state index in [1.165, 1.54) is 17.0 Å². The van der Waals surface area contributed by atoms with Gasteiger partial charge in [-0.1, -0.05) is 44.2 Å². The van der Waals surface area contributed by atoms with E-state index >= 15 is 0 Å². The third-order valence-electron chi connectivity index (χ3n) is 5.13. The van der Waals surface area contributed by atoms with Crippen LogP contribution < -0.4 is 9.62 Å². The van der Waals surface area contributed by atoms with Gasteiger partial charge in [-0.15, -0.1) is 0 Å². The van der Waals surface area contributed by atoms with Gasteiger partial charge in [-0.05, 0) is 49.1 Å². The third kappa shape index (κ3) is 8.16. The number of carbonyl (C=O) groups excluding carboxylic acids is 2. The lowest BCUT2D eigenvalue weighted by Gasteiger charge is -2.31. The smallest absolute Gasteiger partial charge is 0.244 e. The largest absolute Gasteiger partial charge is 0.354 e. The van der Waals surface area contributed by atoms with E-state index in [9.17, 15) is 22.4 Å². The zero-order valence-electron chi connectivity index (χ0n) is 19.5. The first-order chi connectivity index (χ1) is 15.5. The summed E-state index contributed by atoms with van der Waals surface area (Å²) in [4.78, 5) is 27.4. The predicted molar refractivity (Wildman–Crippen MR) is 128 cm³/mol. The van der Waals surface area contributed by atoms with Gasteiger partial charge in [-0.2, -0.15) is 0 Å². The number of anilines is 1. The first-order valence-electron chi connectivity index (χ1n) is 10.8. The second-order valence-electron chi connectivity index (χ2n) is 8.38. The van der Waals surface area contributed by atoms with E-state index in [2.05, 4.69) is 5.32 Å². The van der Waals surface area contributed by atoms with Crippen molar-refractivity contribution in [3.63, 3.8) is 0 Å². The first kappa shape index (κ1) is 26.3. The zero-order valence-corrected chi connectivity index (χ0v) is 20.3. The number of rotatable bonds is 11. The Hall–Kier alpha value is -2.94. The number of sulfonamides is 1. The molecule has 2 aromatic rings. The van der Waals surface area contributed by atoms with Crippen molar-refractivity contribution in [2.75, 3.05) is 30.2 Å². The van der Waals surface area contributed by atoms with Crippen molar-refractivity contribution in [2.24, 2.45) is 5.92 Å². The van der Waals surface area contributed by atoms with Crippen LogP contribution in [0, 0.1) is 11.7 Å². The fourth-order valence-electron chi connectivity index (χ4n) is 3.24. The molecule has 0 fully saturated rings. The van der Waals surface area contributed by atoms with Gasteiger partial charge in [-0.25, -0.2) is 12.8 Å². The lowest BCUT2D eigenvalue weighted by atomic mass is 10.1. The van der Waals surface area contributed by atoms with Gasteiger partial charge in [0.15, 0.2) is 0 Å². The van der Waals surface area contributed by atoms with Gasteiger partial charge in [0.25, 0.3) is 0 Å². The van der Waals surface area contributed by atoms with E-state index in [0.29, 0.717) is 13.0 Å².